The van der Waals surface area contributed by atoms with Crippen LogP contribution in [0.15, 0.2) is 30.5 Å². The largest absolute Gasteiger partial charge is 0.315 e. The second-order valence-electron chi connectivity index (χ2n) is 6.56. The fraction of sp³-hybridized carbons (Fsp3) is 0.500. The number of pyridine rings is 1. The van der Waals surface area contributed by atoms with E-state index in [0.29, 0.717) is 0 Å². The Morgan fingerprint density at radius 2 is 2.00 bits per heavy atom. The van der Waals surface area contributed by atoms with Crippen molar-refractivity contribution in [2.45, 2.75) is 19.0 Å². The predicted octanol–water partition coefficient (Wildman–Crippen LogP) is 2.79. The molecule has 1 atom stereocenters. The van der Waals surface area contributed by atoms with Crippen molar-refractivity contribution in [3.63, 3.8) is 0 Å². The van der Waals surface area contributed by atoms with Crippen LogP contribution in [0.1, 0.15) is 12.0 Å². The molecule has 130 valence electrons. The summed E-state index contributed by atoms with van der Waals surface area (Å²) in [6.07, 6.45) is 3.15. The number of aromatic nitrogens is 1. The zero-order valence-corrected chi connectivity index (χ0v) is 15.3. The summed E-state index contributed by atoms with van der Waals surface area (Å²) >= 11 is 6.30. The topological polar surface area (TPSA) is 31.4 Å². The molecule has 4 nitrogen and oxygen atoms in total. The molecule has 2 saturated heterocycles. The Bertz CT molecular complexity index is 680. The van der Waals surface area contributed by atoms with Gasteiger partial charge in [-0.2, -0.15) is 0 Å². The van der Waals surface area contributed by atoms with Gasteiger partial charge in [-0.3, -0.25) is 14.8 Å². The third kappa shape index (κ3) is 3.68. The molecule has 1 aromatic carbocycles. The molecule has 6 heteroatoms. The van der Waals surface area contributed by atoms with Crippen LogP contribution in [-0.4, -0.2) is 60.1 Å². The van der Waals surface area contributed by atoms with Gasteiger partial charge in [0.25, 0.3) is 0 Å². The summed E-state index contributed by atoms with van der Waals surface area (Å²) in [5.41, 5.74) is 2.32. The quantitative estimate of drug-likeness (QED) is 0.904. The van der Waals surface area contributed by atoms with Gasteiger partial charge in [0.1, 0.15) is 0 Å². The molecule has 1 aromatic heterocycles. The van der Waals surface area contributed by atoms with E-state index in [2.05, 4.69) is 32.2 Å². The third-order valence-corrected chi connectivity index (χ3v) is 5.48. The van der Waals surface area contributed by atoms with Crippen molar-refractivity contribution in [1.82, 2.24) is 20.1 Å². The Labute approximate surface area is 154 Å². The van der Waals surface area contributed by atoms with Crippen LogP contribution in [0.25, 0.3) is 10.9 Å². The number of halogens is 2. The first-order valence-corrected chi connectivity index (χ1v) is 8.88. The van der Waals surface area contributed by atoms with Crippen molar-refractivity contribution in [3.05, 3.63) is 41.0 Å². The molecule has 0 bridgehead atoms. The summed E-state index contributed by atoms with van der Waals surface area (Å²) in [5.74, 6) is 0. The maximum atomic E-state index is 6.30. The summed E-state index contributed by atoms with van der Waals surface area (Å²) in [7, 11) is 0. The first-order valence-electron chi connectivity index (χ1n) is 8.50. The smallest absolute Gasteiger partial charge is 0.0761 e. The highest BCUT2D eigenvalue weighted by Crippen LogP contribution is 2.26. The van der Waals surface area contributed by atoms with Crippen molar-refractivity contribution in [2.75, 3.05) is 39.3 Å². The molecule has 4 rings (SSSR count). The second-order valence-corrected chi connectivity index (χ2v) is 6.97. The van der Waals surface area contributed by atoms with Crippen LogP contribution in [0.5, 0.6) is 0 Å². The van der Waals surface area contributed by atoms with Crippen LogP contribution < -0.4 is 5.32 Å². The highest BCUT2D eigenvalue weighted by atomic mass is 35.5. The molecule has 2 aromatic rings. The van der Waals surface area contributed by atoms with Crippen molar-refractivity contribution < 1.29 is 0 Å². The van der Waals surface area contributed by atoms with Gasteiger partial charge in [-0.05, 0) is 36.7 Å². The molecule has 0 radical (unpaired) electrons. The first kappa shape index (κ1) is 17.9. The van der Waals surface area contributed by atoms with E-state index in [1.54, 1.807) is 0 Å². The minimum atomic E-state index is 0. The number of piperazine rings is 1. The van der Waals surface area contributed by atoms with Crippen LogP contribution in [0.3, 0.4) is 0 Å². The van der Waals surface area contributed by atoms with Crippen molar-refractivity contribution in [2.24, 2.45) is 0 Å². The summed E-state index contributed by atoms with van der Waals surface area (Å²) < 4.78 is 0. The fourth-order valence-electron chi connectivity index (χ4n) is 3.80. The van der Waals surface area contributed by atoms with Crippen LogP contribution in [0.4, 0.5) is 0 Å². The summed E-state index contributed by atoms with van der Waals surface area (Å²) in [5, 5.41) is 5.32. The standard InChI is InChI=1S/C18H23ClN4.ClH/c19-17-4-3-14(18-16(17)2-1-6-21-18)13-22-8-10-23(11-9-22)15-5-7-20-12-15;/h1-4,6,15,20H,5,7-13H2;1H. The Morgan fingerprint density at radius 1 is 1.17 bits per heavy atom. The fourth-order valence-corrected chi connectivity index (χ4v) is 4.02. The molecule has 2 fully saturated rings. The highest BCUT2D eigenvalue weighted by molar-refractivity contribution is 6.35. The molecule has 0 amide bonds. The van der Waals surface area contributed by atoms with Gasteiger partial charge < -0.3 is 5.32 Å². The Morgan fingerprint density at radius 3 is 2.75 bits per heavy atom. The van der Waals surface area contributed by atoms with Crippen molar-refractivity contribution >= 4 is 34.9 Å². The lowest BCUT2D eigenvalue weighted by Crippen LogP contribution is -2.50. The number of hydrogen-bond donors (Lipinski definition) is 1. The monoisotopic (exact) mass is 366 g/mol. The molecular formula is C18H24Cl2N4. The van der Waals surface area contributed by atoms with Crippen LogP contribution in [-0.2, 0) is 6.54 Å². The average molecular weight is 367 g/mol. The normalized spacial score (nSPS) is 22.6. The first-order chi connectivity index (χ1) is 11.3. The Kier molecular flexibility index (Phi) is 5.95. The highest BCUT2D eigenvalue weighted by Gasteiger charge is 2.26. The predicted molar refractivity (Wildman–Crippen MR) is 102 cm³/mol. The van der Waals surface area contributed by atoms with E-state index in [1.807, 2.05) is 18.3 Å². The summed E-state index contributed by atoms with van der Waals surface area (Å²) in [6, 6.07) is 8.88. The van der Waals surface area contributed by atoms with Gasteiger partial charge in [-0.1, -0.05) is 17.7 Å². The number of benzene rings is 1. The van der Waals surface area contributed by atoms with Crippen LogP contribution in [0.2, 0.25) is 5.02 Å². The van der Waals surface area contributed by atoms with Gasteiger partial charge in [0.15, 0.2) is 0 Å². The van der Waals surface area contributed by atoms with E-state index in [9.17, 15) is 0 Å². The molecule has 0 spiro atoms. The number of nitrogens with one attached hydrogen (secondary N) is 1. The summed E-state index contributed by atoms with van der Waals surface area (Å²) in [6.45, 7) is 7.90. The lowest BCUT2D eigenvalue weighted by molar-refractivity contribution is 0.0983. The van der Waals surface area contributed by atoms with E-state index in [1.165, 1.54) is 31.6 Å². The van der Waals surface area contributed by atoms with E-state index in [0.717, 1.165) is 48.1 Å². The molecule has 2 aliphatic heterocycles. The zero-order valence-electron chi connectivity index (χ0n) is 13.7. The lowest BCUT2D eigenvalue weighted by atomic mass is 10.1. The molecule has 24 heavy (non-hydrogen) atoms. The number of hydrogen-bond acceptors (Lipinski definition) is 4. The van der Waals surface area contributed by atoms with E-state index < -0.39 is 0 Å². The minimum absolute atomic E-state index is 0. The zero-order chi connectivity index (χ0) is 15.6. The third-order valence-electron chi connectivity index (χ3n) is 5.15. The van der Waals surface area contributed by atoms with Crippen LogP contribution in [0, 0.1) is 0 Å². The average Bonchev–Trinajstić information content (AvgIpc) is 3.13. The van der Waals surface area contributed by atoms with Gasteiger partial charge in [0, 0.05) is 61.9 Å². The van der Waals surface area contributed by atoms with Gasteiger partial charge >= 0.3 is 0 Å². The van der Waals surface area contributed by atoms with Gasteiger partial charge in [-0.15, -0.1) is 12.4 Å². The molecule has 0 saturated carbocycles. The number of rotatable bonds is 3. The van der Waals surface area contributed by atoms with Gasteiger partial charge in [0.2, 0.25) is 0 Å². The molecule has 3 heterocycles. The van der Waals surface area contributed by atoms with Crippen molar-refractivity contribution in [1.29, 1.82) is 0 Å². The van der Waals surface area contributed by atoms with Gasteiger partial charge in [-0.25, -0.2) is 0 Å². The lowest BCUT2D eigenvalue weighted by Gasteiger charge is -2.37. The van der Waals surface area contributed by atoms with Crippen LogP contribution >= 0.6 is 24.0 Å². The Hall–Kier alpha value is -0.910. The van der Waals surface area contributed by atoms with E-state index >= 15 is 0 Å². The SMILES string of the molecule is Cl.Clc1ccc(CN2CCN(C3CCNC3)CC2)c2ncccc12. The number of nitrogens with zero attached hydrogens (tertiary/aromatic N) is 3. The summed E-state index contributed by atoms with van der Waals surface area (Å²) in [4.78, 5) is 9.74. The van der Waals surface area contributed by atoms with Gasteiger partial charge in [0.05, 0.1) is 5.52 Å². The molecule has 2 aliphatic rings. The van der Waals surface area contributed by atoms with E-state index in [4.69, 9.17) is 11.6 Å². The van der Waals surface area contributed by atoms with E-state index in [-0.39, 0.29) is 12.4 Å². The maximum Gasteiger partial charge on any atom is 0.0761 e. The molecule has 1 unspecified atom stereocenters. The second kappa shape index (κ2) is 7.98. The number of fused-ring (bicyclic) bond motifs is 1. The molecule has 1 N–H and O–H groups in total. The van der Waals surface area contributed by atoms with Crippen molar-refractivity contribution in [3.8, 4) is 0 Å². The maximum absolute atomic E-state index is 6.30. The minimum Gasteiger partial charge on any atom is -0.315 e. The Balaban J connectivity index is 0.00000169. The molecule has 0 aliphatic carbocycles. The molecular weight excluding hydrogens is 343 g/mol.